The molecule has 0 N–H and O–H groups in total. The Bertz CT molecular complexity index is 381. The van der Waals surface area contributed by atoms with Crippen molar-refractivity contribution in [2.45, 2.75) is 19.8 Å². The second-order valence-corrected chi connectivity index (χ2v) is 4.56. The minimum absolute atomic E-state index is 1.08. The van der Waals surface area contributed by atoms with E-state index < -0.39 is 0 Å². The van der Waals surface area contributed by atoms with Crippen LogP contribution in [0, 0.1) is 0 Å². The van der Waals surface area contributed by atoms with Crippen LogP contribution in [0.1, 0.15) is 19.8 Å². The van der Waals surface area contributed by atoms with Crippen molar-refractivity contribution in [1.29, 1.82) is 0 Å². The summed E-state index contributed by atoms with van der Waals surface area (Å²) in [6, 6.07) is 0. The van der Waals surface area contributed by atoms with Crippen molar-refractivity contribution in [2.24, 2.45) is 4.99 Å². The first-order valence-electron chi connectivity index (χ1n) is 5.45. The fraction of sp³-hybridized carbons (Fsp3) is 0.462. The Balaban J connectivity index is 2.13. The Morgan fingerprint density at radius 3 is 2.87 bits per heavy atom. The van der Waals surface area contributed by atoms with Gasteiger partial charge in [-0.2, -0.15) is 0 Å². The number of fused-ring (bicyclic) bond motifs is 1. The molecule has 0 fully saturated rings. The van der Waals surface area contributed by atoms with Crippen LogP contribution in [-0.4, -0.2) is 31.8 Å². The molecule has 2 heteroatoms. The minimum Gasteiger partial charge on any atom is -0.309 e. The van der Waals surface area contributed by atoms with Gasteiger partial charge in [0, 0.05) is 12.8 Å². The van der Waals surface area contributed by atoms with Gasteiger partial charge in [0.1, 0.15) is 0 Å². The highest BCUT2D eigenvalue weighted by Crippen LogP contribution is 2.32. The number of allylic oxidation sites excluding steroid dienone is 4. The third-order valence-electron chi connectivity index (χ3n) is 2.87. The molecule has 0 aromatic rings. The normalized spacial score (nSPS) is 19.5. The second kappa shape index (κ2) is 4.15. The van der Waals surface area contributed by atoms with Gasteiger partial charge < -0.3 is 4.90 Å². The van der Waals surface area contributed by atoms with Gasteiger partial charge >= 0.3 is 0 Å². The van der Waals surface area contributed by atoms with Crippen molar-refractivity contribution in [3.05, 3.63) is 34.6 Å². The Kier molecular flexibility index (Phi) is 2.87. The SMILES string of the molecule is CC1=CC=C2N=CC(CCN(C)C)=C2C1. The topological polar surface area (TPSA) is 15.6 Å². The monoisotopic (exact) mass is 202 g/mol. The summed E-state index contributed by atoms with van der Waals surface area (Å²) in [7, 11) is 4.22. The Hall–Kier alpha value is -1.15. The third-order valence-corrected chi connectivity index (χ3v) is 2.87. The number of hydrogen-bond donors (Lipinski definition) is 0. The van der Waals surface area contributed by atoms with E-state index in [-0.39, 0.29) is 0 Å². The summed E-state index contributed by atoms with van der Waals surface area (Å²) in [4.78, 5) is 6.67. The highest BCUT2D eigenvalue weighted by Gasteiger charge is 2.18. The highest BCUT2D eigenvalue weighted by atomic mass is 15.0. The van der Waals surface area contributed by atoms with Crippen molar-refractivity contribution < 1.29 is 0 Å². The molecule has 1 aliphatic carbocycles. The van der Waals surface area contributed by atoms with Crippen LogP contribution in [0.25, 0.3) is 0 Å². The van der Waals surface area contributed by atoms with Crippen molar-refractivity contribution >= 4 is 6.21 Å². The van der Waals surface area contributed by atoms with E-state index in [0.717, 1.165) is 19.4 Å². The van der Waals surface area contributed by atoms with Crippen molar-refractivity contribution in [1.82, 2.24) is 4.90 Å². The van der Waals surface area contributed by atoms with Crippen LogP contribution in [0.2, 0.25) is 0 Å². The van der Waals surface area contributed by atoms with E-state index in [1.807, 2.05) is 6.21 Å². The Morgan fingerprint density at radius 2 is 2.13 bits per heavy atom. The van der Waals surface area contributed by atoms with Crippen LogP contribution in [0.4, 0.5) is 0 Å². The number of rotatable bonds is 3. The average molecular weight is 202 g/mol. The molecule has 0 aromatic heterocycles. The van der Waals surface area contributed by atoms with Crippen LogP contribution in [0.3, 0.4) is 0 Å². The molecule has 0 saturated heterocycles. The van der Waals surface area contributed by atoms with E-state index in [1.54, 1.807) is 0 Å². The first-order chi connectivity index (χ1) is 7.16. The van der Waals surface area contributed by atoms with Crippen LogP contribution < -0.4 is 0 Å². The first-order valence-corrected chi connectivity index (χ1v) is 5.45. The Morgan fingerprint density at radius 1 is 1.33 bits per heavy atom. The lowest BCUT2D eigenvalue weighted by Gasteiger charge is -2.13. The Labute approximate surface area is 91.7 Å². The van der Waals surface area contributed by atoms with Crippen molar-refractivity contribution in [2.75, 3.05) is 20.6 Å². The zero-order chi connectivity index (χ0) is 10.8. The third kappa shape index (κ3) is 2.26. The molecule has 0 unspecified atom stereocenters. The molecular weight excluding hydrogens is 184 g/mol. The maximum atomic E-state index is 4.45. The van der Waals surface area contributed by atoms with Crippen LogP contribution in [0.5, 0.6) is 0 Å². The zero-order valence-electron chi connectivity index (χ0n) is 9.75. The summed E-state index contributed by atoms with van der Waals surface area (Å²) in [6.07, 6.45) is 8.53. The molecular formula is C13H18N2. The number of nitrogens with zero attached hydrogens (tertiary/aromatic N) is 2. The molecule has 2 rings (SSSR count). The van der Waals surface area contributed by atoms with Crippen molar-refractivity contribution in [3.8, 4) is 0 Å². The average Bonchev–Trinajstić information content (AvgIpc) is 2.57. The minimum atomic E-state index is 1.08. The van der Waals surface area contributed by atoms with Gasteiger partial charge in [0.05, 0.1) is 5.70 Å². The summed E-state index contributed by atoms with van der Waals surface area (Å²) in [5, 5.41) is 0. The molecule has 0 atom stereocenters. The lowest BCUT2D eigenvalue weighted by Crippen LogP contribution is -2.14. The second-order valence-electron chi connectivity index (χ2n) is 4.56. The van der Waals surface area contributed by atoms with E-state index in [4.69, 9.17) is 0 Å². The number of aliphatic imine (C=N–C) groups is 1. The fourth-order valence-electron chi connectivity index (χ4n) is 1.93. The molecule has 0 spiro atoms. The van der Waals surface area contributed by atoms with E-state index in [9.17, 15) is 0 Å². The van der Waals surface area contributed by atoms with Gasteiger partial charge in [-0.25, -0.2) is 0 Å². The summed E-state index contributed by atoms with van der Waals surface area (Å²) < 4.78 is 0. The quantitative estimate of drug-likeness (QED) is 0.686. The van der Waals surface area contributed by atoms with Gasteiger partial charge in [0.25, 0.3) is 0 Å². The lowest BCUT2D eigenvalue weighted by atomic mass is 9.94. The molecule has 2 aliphatic rings. The molecule has 0 saturated carbocycles. The van der Waals surface area contributed by atoms with Crippen LogP contribution >= 0.6 is 0 Å². The standard InChI is InChI=1S/C13H18N2/c1-10-4-5-13-12(8-10)11(9-14-13)6-7-15(2)3/h4-5,9H,6-8H2,1-3H3. The van der Waals surface area contributed by atoms with Gasteiger partial charge in [-0.1, -0.05) is 11.6 Å². The van der Waals surface area contributed by atoms with Gasteiger partial charge in [-0.05, 0) is 51.1 Å². The summed E-state index contributed by atoms with van der Waals surface area (Å²) >= 11 is 0. The van der Waals surface area contributed by atoms with Crippen LogP contribution in [0.15, 0.2) is 39.6 Å². The van der Waals surface area contributed by atoms with E-state index >= 15 is 0 Å². The predicted octanol–water partition coefficient (Wildman–Crippen LogP) is 2.55. The molecule has 15 heavy (non-hydrogen) atoms. The lowest BCUT2D eigenvalue weighted by molar-refractivity contribution is 0.415. The molecule has 1 aliphatic heterocycles. The predicted molar refractivity (Wildman–Crippen MR) is 65.1 cm³/mol. The molecule has 80 valence electrons. The molecule has 0 aromatic carbocycles. The molecule has 0 radical (unpaired) electrons. The summed E-state index contributed by atoms with van der Waals surface area (Å²) in [5.74, 6) is 0. The van der Waals surface area contributed by atoms with Gasteiger partial charge in [0.2, 0.25) is 0 Å². The smallest absolute Gasteiger partial charge is 0.0668 e. The van der Waals surface area contributed by atoms with Crippen molar-refractivity contribution in [3.63, 3.8) is 0 Å². The van der Waals surface area contributed by atoms with E-state index in [1.165, 1.54) is 22.4 Å². The van der Waals surface area contributed by atoms with E-state index in [2.05, 4.69) is 43.1 Å². The summed E-state index contributed by atoms with van der Waals surface area (Å²) in [6.45, 7) is 3.28. The zero-order valence-corrected chi connectivity index (χ0v) is 9.75. The van der Waals surface area contributed by atoms with Gasteiger partial charge in [-0.3, -0.25) is 4.99 Å². The fourth-order valence-corrected chi connectivity index (χ4v) is 1.93. The maximum Gasteiger partial charge on any atom is 0.0668 e. The molecule has 1 heterocycles. The van der Waals surface area contributed by atoms with Gasteiger partial charge in [-0.15, -0.1) is 0 Å². The molecule has 2 nitrogen and oxygen atoms in total. The highest BCUT2D eigenvalue weighted by molar-refractivity contribution is 5.87. The number of hydrogen-bond acceptors (Lipinski definition) is 2. The van der Waals surface area contributed by atoms with E-state index in [0.29, 0.717) is 0 Å². The first kappa shape index (κ1) is 10.4. The van der Waals surface area contributed by atoms with Gasteiger partial charge in [0.15, 0.2) is 0 Å². The maximum absolute atomic E-state index is 4.45. The molecule has 0 amide bonds. The molecule has 0 bridgehead atoms. The van der Waals surface area contributed by atoms with Crippen LogP contribution in [-0.2, 0) is 0 Å². The largest absolute Gasteiger partial charge is 0.309 e. The summed E-state index contributed by atoms with van der Waals surface area (Å²) in [5.41, 5.74) is 5.47.